The highest BCUT2D eigenvalue weighted by Crippen LogP contribution is 2.08. The van der Waals surface area contributed by atoms with Gasteiger partial charge in [-0.05, 0) is 29.7 Å². The molecule has 4 heteroatoms. The second-order valence-electron chi connectivity index (χ2n) is 4.18. The van der Waals surface area contributed by atoms with E-state index in [0.29, 0.717) is 5.88 Å². The van der Waals surface area contributed by atoms with Crippen molar-refractivity contribution in [1.29, 1.82) is 0 Å². The normalized spacial score (nSPS) is 10.3. The van der Waals surface area contributed by atoms with E-state index in [9.17, 15) is 0 Å². The minimum absolute atomic E-state index is 0.645. The first-order valence-electron chi connectivity index (χ1n) is 5.88. The molecule has 0 bridgehead atoms. The molecule has 0 saturated carbocycles. The molecular weight excluding hydrogens is 226 g/mol. The van der Waals surface area contributed by atoms with Crippen molar-refractivity contribution in [3.05, 3.63) is 53.5 Å². The molecule has 0 aliphatic heterocycles. The van der Waals surface area contributed by atoms with E-state index in [0.717, 1.165) is 18.7 Å². The molecule has 4 nitrogen and oxygen atoms in total. The van der Waals surface area contributed by atoms with Gasteiger partial charge in [0.2, 0.25) is 5.88 Å². The number of hydrogen-bond acceptors (Lipinski definition) is 4. The average molecular weight is 243 g/mol. The third-order valence-corrected chi connectivity index (χ3v) is 2.60. The van der Waals surface area contributed by atoms with Gasteiger partial charge in [-0.15, -0.1) is 0 Å². The summed E-state index contributed by atoms with van der Waals surface area (Å²) >= 11 is 0. The van der Waals surface area contributed by atoms with E-state index in [1.54, 1.807) is 13.3 Å². The van der Waals surface area contributed by atoms with Gasteiger partial charge < -0.3 is 10.1 Å². The molecule has 2 aromatic rings. The summed E-state index contributed by atoms with van der Waals surface area (Å²) < 4.78 is 5.09. The van der Waals surface area contributed by atoms with Gasteiger partial charge >= 0.3 is 0 Å². The van der Waals surface area contributed by atoms with Gasteiger partial charge in [0.15, 0.2) is 0 Å². The quantitative estimate of drug-likeness (QED) is 0.873. The van der Waals surface area contributed by atoms with Crippen LogP contribution in [0, 0.1) is 6.92 Å². The summed E-state index contributed by atoms with van der Waals surface area (Å²) in [6.07, 6.45) is 5.49. The van der Waals surface area contributed by atoms with E-state index in [-0.39, 0.29) is 0 Å². The molecule has 2 heterocycles. The Morgan fingerprint density at radius 3 is 2.78 bits per heavy atom. The zero-order valence-electron chi connectivity index (χ0n) is 10.7. The Balaban J connectivity index is 1.88. The molecule has 0 aliphatic rings. The third-order valence-electron chi connectivity index (χ3n) is 2.60. The second kappa shape index (κ2) is 6.12. The molecule has 94 valence electrons. The topological polar surface area (TPSA) is 47.0 Å². The zero-order valence-corrected chi connectivity index (χ0v) is 10.7. The number of hydrogen-bond donors (Lipinski definition) is 1. The molecule has 0 spiro atoms. The van der Waals surface area contributed by atoms with E-state index in [2.05, 4.69) is 21.4 Å². The number of nitrogens with zero attached hydrogens (tertiary/aromatic N) is 2. The molecule has 0 aliphatic carbocycles. The summed E-state index contributed by atoms with van der Waals surface area (Å²) in [6, 6.07) is 6.04. The highest BCUT2D eigenvalue weighted by molar-refractivity contribution is 5.21. The molecule has 0 saturated heterocycles. The van der Waals surface area contributed by atoms with Gasteiger partial charge in [0.25, 0.3) is 0 Å². The monoisotopic (exact) mass is 243 g/mol. The highest BCUT2D eigenvalue weighted by atomic mass is 16.5. The fourth-order valence-electron chi connectivity index (χ4n) is 1.74. The van der Waals surface area contributed by atoms with Crippen LogP contribution in [0.1, 0.15) is 16.7 Å². The number of pyridine rings is 2. The van der Waals surface area contributed by atoms with Gasteiger partial charge in [-0.1, -0.05) is 6.07 Å². The minimum atomic E-state index is 0.645. The largest absolute Gasteiger partial charge is 0.481 e. The molecule has 0 radical (unpaired) electrons. The Hall–Kier alpha value is -1.94. The molecule has 2 aromatic heterocycles. The lowest BCUT2D eigenvalue weighted by Gasteiger charge is -2.06. The predicted molar refractivity (Wildman–Crippen MR) is 70.3 cm³/mol. The fraction of sp³-hybridized carbons (Fsp3) is 0.286. The summed E-state index contributed by atoms with van der Waals surface area (Å²) in [4.78, 5) is 8.24. The fourth-order valence-corrected chi connectivity index (χ4v) is 1.74. The lowest BCUT2D eigenvalue weighted by Crippen LogP contribution is -2.13. The molecule has 0 aromatic carbocycles. The predicted octanol–water partition coefficient (Wildman–Crippen LogP) is 2.08. The Labute approximate surface area is 107 Å². The van der Waals surface area contributed by atoms with Crippen LogP contribution < -0.4 is 10.1 Å². The van der Waals surface area contributed by atoms with E-state index in [1.807, 2.05) is 31.5 Å². The van der Waals surface area contributed by atoms with E-state index in [1.165, 1.54) is 11.1 Å². The van der Waals surface area contributed by atoms with Crippen molar-refractivity contribution >= 4 is 0 Å². The maximum Gasteiger partial charge on any atom is 0.213 e. The van der Waals surface area contributed by atoms with Crippen LogP contribution >= 0.6 is 0 Å². The van der Waals surface area contributed by atoms with Crippen LogP contribution in [-0.4, -0.2) is 17.1 Å². The molecular formula is C14H17N3O. The van der Waals surface area contributed by atoms with Crippen molar-refractivity contribution in [1.82, 2.24) is 15.3 Å². The standard InChI is InChI=1S/C14H17N3O/c1-11-5-13(9-15-7-11)10-16-8-12-3-4-17-14(6-12)18-2/h3-7,9,16H,8,10H2,1-2H3. The third kappa shape index (κ3) is 3.53. The Morgan fingerprint density at radius 2 is 2.00 bits per heavy atom. The molecule has 18 heavy (non-hydrogen) atoms. The Bertz CT molecular complexity index is 514. The van der Waals surface area contributed by atoms with Crippen LogP contribution in [0.5, 0.6) is 5.88 Å². The molecule has 1 N–H and O–H groups in total. The van der Waals surface area contributed by atoms with Crippen molar-refractivity contribution in [2.24, 2.45) is 0 Å². The number of nitrogens with one attached hydrogen (secondary N) is 1. The van der Waals surface area contributed by atoms with Gasteiger partial charge in [-0.25, -0.2) is 4.98 Å². The summed E-state index contributed by atoms with van der Waals surface area (Å²) in [5, 5.41) is 3.37. The average Bonchev–Trinajstić information content (AvgIpc) is 2.39. The SMILES string of the molecule is COc1cc(CNCc2cncc(C)c2)ccn1. The van der Waals surface area contributed by atoms with E-state index < -0.39 is 0 Å². The van der Waals surface area contributed by atoms with Crippen LogP contribution in [0.2, 0.25) is 0 Å². The minimum Gasteiger partial charge on any atom is -0.481 e. The summed E-state index contributed by atoms with van der Waals surface area (Å²) in [6.45, 7) is 3.64. The molecule has 2 rings (SSSR count). The van der Waals surface area contributed by atoms with Gasteiger partial charge in [0.05, 0.1) is 7.11 Å². The molecule has 0 amide bonds. The van der Waals surface area contributed by atoms with Gasteiger partial charge in [-0.3, -0.25) is 4.98 Å². The lowest BCUT2D eigenvalue weighted by atomic mass is 10.2. The van der Waals surface area contributed by atoms with E-state index >= 15 is 0 Å². The first-order chi connectivity index (χ1) is 8.78. The van der Waals surface area contributed by atoms with Gasteiger partial charge in [0.1, 0.15) is 0 Å². The van der Waals surface area contributed by atoms with Gasteiger partial charge in [-0.2, -0.15) is 0 Å². The second-order valence-corrected chi connectivity index (χ2v) is 4.18. The van der Waals surface area contributed by atoms with Crippen LogP contribution in [0.25, 0.3) is 0 Å². The van der Waals surface area contributed by atoms with Crippen LogP contribution in [0.3, 0.4) is 0 Å². The Kier molecular flexibility index (Phi) is 4.25. The molecule has 0 atom stereocenters. The smallest absolute Gasteiger partial charge is 0.213 e. The van der Waals surface area contributed by atoms with Crippen molar-refractivity contribution in [3.63, 3.8) is 0 Å². The maximum absolute atomic E-state index is 5.09. The summed E-state index contributed by atoms with van der Waals surface area (Å²) in [5.41, 5.74) is 3.53. The first-order valence-corrected chi connectivity index (χ1v) is 5.88. The number of aromatic nitrogens is 2. The van der Waals surface area contributed by atoms with Crippen LogP contribution in [0.4, 0.5) is 0 Å². The molecule has 0 fully saturated rings. The molecule has 0 unspecified atom stereocenters. The summed E-state index contributed by atoms with van der Waals surface area (Å²) in [5.74, 6) is 0.645. The van der Waals surface area contributed by atoms with E-state index in [4.69, 9.17) is 4.74 Å². The maximum atomic E-state index is 5.09. The zero-order chi connectivity index (χ0) is 12.8. The van der Waals surface area contributed by atoms with Crippen LogP contribution in [0.15, 0.2) is 36.8 Å². The number of aryl methyl sites for hydroxylation is 1. The lowest BCUT2D eigenvalue weighted by molar-refractivity contribution is 0.397. The number of rotatable bonds is 5. The van der Waals surface area contributed by atoms with Crippen molar-refractivity contribution in [2.45, 2.75) is 20.0 Å². The highest BCUT2D eigenvalue weighted by Gasteiger charge is 1.98. The summed E-state index contributed by atoms with van der Waals surface area (Å²) in [7, 11) is 1.62. The number of ether oxygens (including phenoxy) is 1. The van der Waals surface area contributed by atoms with Crippen molar-refractivity contribution in [2.75, 3.05) is 7.11 Å². The first kappa shape index (κ1) is 12.5. The van der Waals surface area contributed by atoms with Crippen molar-refractivity contribution < 1.29 is 4.74 Å². The van der Waals surface area contributed by atoms with Crippen molar-refractivity contribution in [3.8, 4) is 5.88 Å². The van der Waals surface area contributed by atoms with Crippen LogP contribution in [-0.2, 0) is 13.1 Å². The Morgan fingerprint density at radius 1 is 1.17 bits per heavy atom. The van der Waals surface area contributed by atoms with Gasteiger partial charge in [0, 0.05) is 37.7 Å². The number of methoxy groups -OCH3 is 1.